The summed E-state index contributed by atoms with van der Waals surface area (Å²) in [4.78, 5) is 29.3. The molecule has 1 atom stereocenters. The van der Waals surface area contributed by atoms with Gasteiger partial charge in [-0.3, -0.25) is 13.9 Å². The van der Waals surface area contributed by atoms with E-state index in [2.05, 4.69) is 5.32 Å². The molecule has 0 unspecified atom stereocenters. The summed E-state index contributed by atoms with van der Waals surface area (Å²) in [7, 11) is -2.65. The van der Waals surface area contributed by atoms with Crippen LogP contribution in [-0.4, -0.2) is 51.4 Å². The van der Waals surface area contributed by atoms with Gasteiger partial charge in [-0.25, -0.2) is 8.42 Å². The van der Waals surface area contributed by atoms with Crippen LogP contribution in [0.25, 0.3) is 0 Å². The lowest BCUT2D eigenvalue weighted by atomic mass is 10.1. The molecule has 0 saturated heterocycles. The number of para-hydroxylation sites is 1. The normalized spacial score (nSPS) is 11.9. The smallest absolute Gasteiger partial charge is 0.264 e. The van der Waals surface area contributed by atoms with Crippen LogP contribution in [0.15, 0.2) is 108 Å². The second kappa shape index (κ2) is 16.1. The van der Waals surface area contributed by atoms with Crippen molar-refractivity contribution >= 4 is 27.5 Å². The van der Waals surface area contributed by atoms with Crippen molar-refractivity contribution in [2.75, 3.05) is 24.5 Å². The molecule has 47 heavy (non-hydrogen) atoms. The SMILES string of the molecule is CC[C@@H](C(=O)NCC(C)C)N(Cc1cccc(OC)c1)C(=O)CN(c1ccc(Oc2ccccc2)cc1)S(=O)(=O)c1ccc(C)cc1. The van der Waals surface area contributed by atoms with Crippen molar-refractivity contribution in [2.24, 2.45) is 5.92 Å². The Morgan fingerprint density at radius 2 is 1.47 bits per heavy atom. The third-order valence-corrected chi connectivity index (χ3v) is 9.34. The molecule has 4 aromatic carbocycles. The molecule has 10 heteroatoms. The zero-order valence-electron chi connectivity index (χ0n) is 27.6. The van der Waals surface area contributed by atoms with E-state index in [0.717, 1.165) is 15.4 Å². The molecule has 0 aliphatic carbocycles. The minimum Gasteiger partial charge on any atom is -0.497 e. The summed E-state index contributed by atoms with van der Waals surface area (Å²) >= 11 is 0. The molecule has 0 radical (unpaired) electrons. The Hall–Kier alpha value is -4.83. The van der Waals surface area contributed by atoms with Gasteiger partial charge in [0.1, 0.15) is 29.8 Å². The fourth-order valence-electron chi connectivity index (χ4n) is 4.98. The maximum Gasteiger partial charge on any atom is 0.264 e. The van der Waals surface area contributed by atoms with E-state index in [9.17, 15) is 18.0 Å². The van der Waals surface area contributed by atoms with Crippen molar-refractivity contribution < 1.29 is 27.5 Å². The van der Waals surface area contributed by atoms with Crippen LogP contribution in [0.4, 0.5) is 5.69 Å². The highest BCUT2D eigenvalue weighted by Gasteiger charge is 2.33. The lowest BCUT2D eigenvalue weighted by Gasteiger charge is -2.33. The quantitative estimate of drug-likeness (QED) is 0.155. The summed E-state index contributed by atoms with van der Waals surface area (Å²) in [6.07, 6.45) is 0.329. The third kappa shape index (κ3) is 9.36. The number of carbonyl (C=O) groups is 2. The van der Waals surface area contributed by atoms with Crippen LogP contribution in [0.5, 0.6) is 17.2 Å². The van der Waals surface area contributed by atoms with Crippen molar-refractivity contribution in [1.29, 1.82) is 0 Å². The number of nitrogens with zero attached hydrogens (tertiary/aromatic N) is 2. The average Bonchev–Trinajstić information content (AvgIpc) is 3.07. The Kier molecular flexibility index (Phi) is 12.0. The van der Waals surface area contributed by atoms with E-state index in [1.54, 1.807) is 55.6 Å². The molecule has 4 aromatic rings. The Morgan fingerprint density at radius 3 is 2.09 bits per heavy atom. The average molecular weight is 658 g/mol. The van der Waals surface area contributed by atoms with Crippen molar-refractivity contribution in [2.45, 2.75) is 51.6 Å². The van der Waals surface area contributed by atoms with Gasteiger partial charge in [0.15, 0.2) is 0 Å². The number of rotatable bonds is 15. The summed E-state index contributed by atoms with van der Waals surface area (Å²) in [5.41, 5.74) is 1.91. The molecule has 1 N–H and O–H groups in total. The van der Waals surface area contributed by atoms with Gasteiger partial charge in [-0.1, -0.05) is 68.8 Å². The Labute approximate surface area is 278 Å². The highest BCUT2D eigenvalue weighted by molar-refractivity contribution is 7.92. The van der Waals surface area contributed by atoms with Crippen LogP contribution in [0.2, 0.25) is 0 Å². The number of ether oxygens (including phenoxy) is 2. The third-order valence-electron chi connectivity index (χ3n) is 7.55. The lowest BCUT2D eigenvalue weighted by molar-refractivity contribution is -0.140. The van der Waals surface area contributed by atoms with E-state index in [1.165, 1.54) is 17.0 Å². The van der Waals surface area contributed by atoms with Crippen LogP contribution in [0, 0.1) is 12.8 Å². The molecular weight excluding hydrogens is 614 g/mol. The topological polar surface area (TPSA) is 105 Å². The largest absolute Gasteiger partial charge is 0.497 e. The first kappa shape index (κ1) is 35.0. The Bertz CT molecular complexity index is 1730. The van der Waals surface area contributed by atoms with E-state index in [4.69, 9.17) is 9.47 Å². The van der Waals surface area contributed by atoms with Gasteiger partial charge in [-0.05, 0) is 85.5 Å². The first-order valence-electron chi connectivity index (χ1n) is 15.6. The van der Waals surface area contributed by atoms with Crippen LogP contribution < -0.4 is 19.1 Å². The van der Waals surface area contributed by atoms with Crippen LogP contribution in [-0.2, 0) is 26.2 Å². The number of hydrogen-bond donors (Lipinski definition) is 1. The second-order valence-electron chi connectivity index (χ2n) is 11.7. The maximum absolute atomic E-state index is 14.4. The van der Waals surface area contributed by atoms with E-state index in [1.807, 2.05) is 70.2 Å². The molecular formula is C37H43N3O6S. The highest BCUT2D eigenvalue weighted by atomic mass is 32.2. The molecule has 0 aliphatic heterocycles. The summed E-state index contributed by atoms with van der Waals surface area (Å²) in [6, 6.07) is 28.7. The minimum absolute atomic E-state index is 0.0431. The number of hydrogen-bond acceptors (Lipinski definition) is 6. The monoisotopic (exact) mass is 657 g/mol. The number of methoxy groups -OCH3 is 1. The van der Waals surface area contributed by atoms with Crippen molar-refractivity contribution in [3.8, 4) is 17.2 Å². The van der Waals surface area contributed by atoms with Gasteiger partial charge in [0.05, 0.1) is 17.7 Å². The number of sulfonamides is 1. The summed E-state index contributed by atoms with van der Waals surface area (Å²) in [5, 5.41) is 2.95. The van der Waals surface area contributed by atoms with E-state index < -0.39 is 28.5 Å². The van der Waals surface area contributed by atoms with Crippen molar-refractivity contribution in [3.63, 3.8) is 0 Å². The number of amides is 2. The van der Waals surface area contributed by atoms with Crippen molar-refractivity contribution in [3.05, 3.63) is 114 Å². The molecule has 248 valence electrons. The zero-order chi connectivity index (χ0) is 34.0. The van der Waals surface area contributed by atoms with Crippen LogP contribution >= 0.6 is 0 Å². The van der Waals surface area contributed by atoms with Gasteiger partial charge < -0.3 is 19.7 Å². The molecule has 2 amide bonds. The Balaban J connectivity index is 1.73. The summed E-state index contributed by atoms with van der Waals surface area (Å²) in [5.74, 6) is 1.13. The fraction of sp³-hybridized carbons (Fsp3) is 0.297. The van der Waals surface area contributed by atoms with Crippen molar-refractivity contribution in [1.82, 2.24) is 10.2 Å². The number of benzene rings is 4. The van der Waals surface area contributed by atoms with Gasteiger partial charge in [0.25, 0.3) is 10.0 Å². The van der Waals surface area contributed by atoms with Gasteiger partial charge >= 0.3 is 0 Å². The van der Waals surface area contributed by atoms with Crippen LogP contribution in [0.3, 0.4) is 0 Å². The molecule has 4 rings (SSSR count). The van der Waals surface area contributed by atoms with Crippen LogP contribution in [0.1, 0.15) is 38.3 Å². The molecule has 9 nitrogen and oxygen atoms in total. The van der Waals surface area contributed by atoms with Gasteiger partial charge in [-0.15, -0.1) is 0 Å². The van der Waals surface area contributed by atoms with E-state index >= 15 is 0 Å². The molecule has 0 saturated carbocycles. The van der Waals surface area contributed by atoms with Gasteiger partial charge in [0, 0.05) is 13.1 Å². The number of nitrogens with one attached hydrogen (secondary N) is 1. The standard InChI is InChI=1S/C37H43N3O6S/c1-6-35(37(42)38-24-27(2)3)39(25-29-11-10-14-33(23-29)45-5)36(41)26-40(47(43,44)34-21-15-28(4)16-22-34)30-17-19-32(20-18-30)46-31-12-8-7-9-13-31/h7-23,27,35H,6,24-26H2,1-5H3,(H,38,42)/t35-/m0/s1. The number of aryl methyl sites for hydroxylation is 1. The maximum atomic E-state index is 14.4. The zero-order valence-corrected chi connectivity index (χ0v) is 28.4. The molecule has 0 bridgehead atoms. The first-order chi connectivity index (χ1) is 22.5. The highest BCUT2D eigenvalue weighted by Crippen LogP contribution is 2.29. The van der Waals surface area contributed by atoms with Gasteiger partial charge in [0.2, 0.25) is 11.8 Å². The predicted molar refractivity (Wildman–Crippen MR) is 184 cm³/mol. The molecule has 0 heterocycles. The molecule has 0 fully saturated rings. The van der Waals surface area contributed by atoms with E-state index in [-0.39, 0.29) is 29.0 Å². The Morgan fingerprint density at radius 1 is 0.830 bits per heavy atom. The number of anilines is 1. The second-order valence-corrected chi connectivity index (χ2v) is 13.5. The predicted octanol–water partition coefficient (Wildman–Crippen LogP) is 6.57. The fourth-order valence-corrected chi connectivity index (χ4v) is 6.39. The summed E-state index contributed by atoms with van der Waals surface area (Å²) < 4.78 is 40.8. The van der Waals surface area contributed by atoms with Gasteiger partial charge in [-0.2, -0.15) is 0 Å². The molecule has 0 aromatic heterocycles. The van der Waals surface area contributed by atoms with E-state index in [0.29, 0.717) is 30.2 Å². The molecule has 0 spiro atoms. The lowest BCUT2D eigenvalue weighted by Crippen LogP contribution is -2.52. The minimum atomic E-state index is -4.20. The molecule has 0 aliphatic rings. The first-order valence-corrected chi connectivity index (χ1v) is 17.1. The number of carbonyl (C=O) groups excluding carboxylic acids is 2. The summed E-state index contributed by atoms with van der Waals surface area (Å²) in [6.45, 7) is 7.67.